The summed E-state index contributed by atoms with van der Waals surface area (Å²) in [7, 11) is 0. The van der Waals surface area contributed by atoms with E-state index in [4.69, 9.17) is 22.6 Å². The van der Waals surface area contributed by atoms with Crippen molar-refractivity contribution in [1.82, 2.24) is 4.98 Å². The van der Waals surface area contributed by atoms with Crippen molar-refractivity contribution in [3.8, 4) is 10.4 Å². The average Bonchev–Trinajstić information content (AvgIpc) is 3.23. The third-order valence-corrected chi connectivity index (χ3v) is 6.08. The van der Waals surface area contributed by atoms with Crippen molar-refractivity contribution in [2.75, 3.05) is 0 Å². The fraction of sp³-hybridized carbons (Fsp3) is 0.391. The van der Waals surface area contributed by atoms with Crippen molar-refractivity contribution in [1.29, 1.82) is 5.41 Å². The molecule has 0 fully saturated rings. The Bertz CT molecular complexity index is 1060. The number of pyridine rings is 1. The highest BCUT2D eigenvalue weighted by Crippen LogP contribution is 2.33. The maximum atomic E-state index is 12.9. The van der Waals surface area contributed by atoms with Crippen molar-refractivity contribution < 1.29 is 26.3 Å². The molecule has 0 saturated heterocycles. The summed E-state index contributed by atoms with van der Waals surface area (Å²) in [5.41, 5.74) is 14.5. The van der Waals surface area contributed by atoms with E-state index in [0.717, 1.165) is 42.5 Å². The third-order valence-electron chi connectivity index (χ3n) is 5.07. The monoisotopic (exact) mass is 519 g/mol. The lowest BCUT2D eigenvalue weighted by molar-refractivity contribution is -0.136. The van der Waals surface area contributed by atoms with E-state index in [1.807, 2.05) is 11.4 Å². The highest BCUT2D eigenvalue weighted by atomic mass is 32.1. The predicted octanol–water partition coefficient (Wildman–Crippen LogP) is 5.89. The first-order valence-electron chi connectivity index (χ1n) is 10.8. The van der Waals surface area contributed by atoms with Gasteiger partial charge in [0, 0.05) is 4.88 Å². The summed E-state index contributed by atoms with van der Waals surface area (Å²) in [6.07, 6.45) is -3.80. The number of nitrogens with one attached hydrogen (secondary N) is 1. The molecule has 2 aromatic heterocycles. The molecule has 0 saturated carbocycles. The van der Waals surface area contributed by atoms with Crippen molar-refractivity contribution >= 4 is 22.7 Å². The maximum Gasteiger partial charge on any atom is 0.430 e. The highest BCUT2D eigenvalue weighted by molar-refractivity contribution is 7.13. The minimum Gasteiger partial charge on any atom is -0.397 e. The van der Waals surface area contributed by atoms with Crippen LogP contribution in [-0.4, -0.2) is 29.1 Å². The molecule has 2 aromatic rings. The van der Waals surface area contributed by atoms with Gasteiger partial charge in [0.25, 0.3) is 0 Å². The lowest BCUT2D eigenvalue weighted by Gasteiger charge is -2.14. The smallest absolute Gasteiger partial charge is 0.397 e. The molecule has 0 spiro atoms. The summed E-state index contributed by atoms with van der Waals surface area (Å²) in [6.45, 7) is 2.09. The first-order chi connectivity index (χ1) is 16.2. The largest absolute Gasteiger partial charge is 0.430 e. The number of hydrogen-bond acceptors (Lipinski definition) is 6. The van der Waals surface area contributed by atoms with E-state index < -0.39 is 35.5 Å². The summed E-state index contributed by atoms with van der Waals surface area (Å²) < 4.78 is 77.3. The summed E-state index contributed by atoms with van der Waals surface area (Å²) in [4.78, 5) is 4.79. The molecule has 0 radical (unpaired) electrons. The number of alkyl halides is 6. The van der Waals surface area contributed by atoms with E-state index in [2.05, 4.69) is 11.9 Å². The van der Waals surface area contributed by atoms with E-state index in [1.165, 1.54) is 23.5 Å². The number of nitrogens with two attached hydrogens (primary N) is 3. The van der Waals surface area contributed by atoms with Gasteiger partial charge in [0.2, 0.25) is 0 Å². The summed E-state index contributed by atoms with van der Waals surface area (Å²) >= 11 is 1.36. The summed E-state index contributed by atoms with van der Waals surface area (Å²) in [6, 6.07) is 2.37. The van der Waals surface area contributed by atoms with Gasteiger partial charge in [-0.2, -0.15) is 26.3 Å². The number of rotatable bonds is 10. The molecule has 0 amide bonds. The number of hydrogen-bond donors (Lipinski definition) is 4. The Morgan fingerprint density at radius 1 is 1.09 bits per heavy atom. The Labute approximate surface area is 203 Å². The van der Waals surface area contributed by atoms with Crippen LogP contribution in [0.5, 0.6) is 0 Å². The standard InChI is InChI=1S/C23H27F6N5S/c1-2-3-4-5-6-13-7-8-35-21(13)14-9-17(15(30)11-19(32)22(24,25)26)34-18(10-14)16(31)12-20(33)23(27,28)29/h7-12,19,31H,2-6,30,32-33H2,1H3/b15-11-,20-12?,31-16?. The van der Waals surface area contributed by atoms with Crippen LogP contribution in [0.15, 0.2) is 41.4 Å². The Morgan fingerprint density at radius 2 is 1.74 bits per heavy atom. The SMILES string of the molecule is CCCCCCc1ccsc1-c1cc(C(=N)C=C(N)C(F)(F)F)nc(/C(N)=C/C(N)C(F)(F)F)c1. The Kier molecular flexibility index (Phi) is 9.50. The normalized spacial score (nSPS) is 14.3. The van der Waals surface area contributed by atoms with E-state index in [9.17, 15) is 26.3 Å². The van der Waals surface area contributed by atoms with Crippen LogP contribution in [0.2, 0.25) is 0 Å². The number of aryl methyl sites for hydroxylation is 1. The molecule has 7 N–H and O–H groups in total. The van der Waals surface area contributed by atoms with Crippen LogP contribution in [0, 0.1) is 5.41 Å². The van der Waals surface area contributed by atoms with Crippen LogP contribution in [0.1, 0.15) is 49.6 Å². The molecule has 12 heteroatoms. The number of unbranched alkanes of at least 4 members (excludes halogenated alkanes) is 3. The molecule has 0 aromatic carbocycles. The second-order valence-electron chi connectivity index (χ2n) is 7.91. The van der Waals surface area contributed by atoms with Crippen molar-refractivity contribution in [3.05, 3.63) is 58.4 Å². The van der Waals surface area contributed by atoms with E-state index in [-0.39, 0.29) is 11.4 Å². The number of aromatic nitrogens is 1. The van der Waals surface area contributed by atoms with Gasteiger partial charge in [0.05, 0.1) is 22.8 Å². The van der Waals surface area contributed by atoms with Gasteiger partial charge >= 0.3 is 12.4 Å². The zero-order chi connectivity index (χ0) is 26.4. The maximum absolute atomic E-state index is 12.9. The molecule has 2 heterocycles. The lowest BCUT2D eigenvalue weighted by atomic mass is 10.0. The van der Waals surface area contributed by atoms with Gasteiger partial charge in [-0.05, 0) is 59.7 Å². The summed E-state index contributed by atoms with van der Waals surface area (Å²) in [5.74, 6) is 0. The zero-order valence-electron chi connectivity index (χ0n) is 18.9. The molecule has 0 aliphatic heterocycles. The van der Waals surface area contributed by atoms with Crippen LogP contribution < -0.4 is 17.2 Å². The number of allylic oxidation sites excluding steroid dienone is 2. The van der Waals surface area contributed by atoms with Crippen molar-refractivity contribution in [3.63, 3.8) is 0 Å². The Hall–Kier alpha value is -2.86. The number of thiophene rings is 1. The van der Waals surface area contributed by atoms with Gasteiger partial charge in [-0.15, -0.1) is 11.3 Å². The van der Waals surface area contributed by atoms with Gasteiger partial charge in [-0.1, -0.05) is 26.2 Å². The molecule has 1 unspecified atom stereocenters. The molecular formula is C23H27F6N5S. The Morgan fingerprint density at radius 3 is 2.34 bits per heavy atom. The Balaban J connectivity index is 2.56. The van der Waals surface area contributed by atoms with E-state index in [0.29, 0.717) is 17.7 Å². The fourth-order valence-electron chi connectivity index (χ4n) is 3.16. The van der Waals surface area contributed by atoms with E-state index >= 15 is 0 Å². The molecule has 2 rings (SSSR count). The van der Waals surface area contributed by atoms with Gasteiger partial charge in [0.1, 0.15) is 11.7 Å². The van der Waals surface area contributed by atoms with Crippen LogP contribution in [0.25, 0.3) is 16.1 Å². The molecule has 192 valence electrons. The first-order valence-corrected chi connectivity index (χ1v) is 11.6. The number of nitrogens with zero attached hydrogens (tertiary/aromatic N) is 1. The van der Waals surface area contributed by atoms with Crippen LogP contribution >= 0.6 is 11.3 Å². The van der Waals surface area contributed by atoms with Gasteiger partial charge < -0.3 is 17.2 Å². The first kappa shape index (κ1) is 28.4. The minimum absolute atomic E-state index is 0.147. The van der Waals surface area contributed by atoms with E-state index in [1.54, 1.807) is 0 Å². The molecule has 1 atom stereocenters. The molecule has 0 aliphatic rings. The third kappa shape index (κ3) is 8.10. The average molecular weight is 520 g/mol. The summed E-state index contributed by atoms with van der Waals surface area (Å²) in [5, 5.41) is 9.91. The topological polar surface area (TPSA) is 115 Å². The fourth-order valence-corrected chi connectivity index (χ4v) is 4.10. The second kappa shape index (κ2) is 11.7. The molecular weight excluding hydrogens is 492 g/mol. The van der Waals surface area contributed by atoms with Crippen LogP contribution in [0.3, 0.4) is 0 Å². The van der Waals surface area contributed by atoms with Crippen LogP contribution in [-0.2, 0) is 6.42 Å². The molecule has 5 nitrogen and oxygen atoms in total. The number of halogens is 6. The zero-order valence-corrected chi connectivity index (χ0v) is 19.7. The predicted molar refractivity (Wildman–Crippen MR) is 127 cm³/mol. The minimum atomic E-state index is -4.86. The van der Waals surface area contributed by atoms with Gasteiger partial charge in [-0.25, -0.2) is 4.98 Å². The quantitative estimate of drug-likeness (QED) is 0.178. The van der Waals surface area contributed by atoms with Crippen LogP contribution in [0.4, 0.5) is 26.3 Å². The van der Waals surface area contributed by atoms with Gasteiger partial charge in [0.15, 0.2) is 0 Å². The lowest BCUT2D eigenvalue weighted by Crippen LogP contribution is -2.36. The molecule has 0 bridgehead atoms. The second-order valence-corrected chi connectivity index (χ2v) is 8.83. The molecule has 0 aliphatic carbocycles. The molecule has 35 heavy (non-hydrogen) atoms. The van der Waals surface area contributed by atoms with Crippen molar-refractivity contribution in [2.24, 2.45) is 17.2 Å². The van der Waals surface area contributed by atoms with Crippen molar-refractivity contribution in [2.45, 2.75) is 57.4 Å². The van der Waals surface area contributed by atoms with Gasteiger partial charge in [-0.3, -0.25) is 5.41 Å². The highest BCUT2D eigenvalue weighted by Gasteiger charge is 2.35.